The summed E-state index contributed by atoms with van der Waals surface area (Å²) >= 11 is 1.33. The Balaban J connectivity index is 1.75. The second-order valence-electron chi connectivity index (χ2n) is 6.56. The predicted octanol–water partition coefficient (Wildman–Crippen LogP) is 4.68. The third-order valence-corrected chi connectivity index (χ3v) is 5.06. The van der Waals surface area contributed by atoms with E-state index in [-0.39, 0.29) is 0 Å². The number of aryl methyl sites for hydroxylation is 2. The van der Waals surface area contributed by atoms with Gasteiger partial charge in [0.2, 0.25) is 0 Å². The first kappa shape index (κ1) is 16.9. The van der Waals surface area contributed by atoms with Crippen LogP contribution in [-0.2, 0) is 0 Å². The molecule has 2 unspecified atom stereocenters. The van der Waals surface area contributed by atoms with E-state index in [1.54, 1.807) is 0 Å². The molecule has 0 bridgehead atoms. The molecule has 3 rings (SSSR count). The first-order valence-electron chi connectivity index (χ1n) is 8.35. The molecule has 2 aromatic rings. The molecule has 24 heavy (non-hydrogen) atoms. The third-order valence-electron chi connectivity index (χ3n) is 4.45. The average Bonchev–Trinajstić information content (AvgIpc) is 3.10. The zero-order chi connectivity index (χ0) is 17.3. The Labute approximate surface area is 147 Å². The molecule has 1 heterocycles. The van der Waals surface area contributed by atoms with Crippen LogP contribution in [0.2, 0.25) is 0 Å². The molecular formula is C18H24N4OS. The van der Waals surface area contributed by atoms with Crippen molar-refractivity contribution < 1.29 is 4.74 Å². The fraction of sp³-hybridized carbons (Fsp3) is 0.500. The number of hydrogen-bond donors (Lipinski definition) is 0. The van der Waals surface area contributed by atoms with Gasteiger partial charge in [-0.2, -0.15) is 9.36 Å². The van der Waals surface area contributed by atoms with E-state index in [9.17, 15) is 0 Å². The lowest BCUT2D eigenvalue weighted by Crippen LogP contribution is -2.14. The largest absolute Gasteiger partial charge is 0.430 e. The van der Waals surface area contributed by atoms with E-state index < -0.39 is 0 Å². The molecule has 1 aromatic carbocycles. The smallest absolute Gasteiger partial charge is 0.298 e. The van der Waals surface area contributed by atoms with E-state index in [1.165, 1.54) is 18.0 Å². The Hall–Kier alpha value is -1.95. The summed E-state index contributed by atoms with van der Waals surface area (Å²) in [6, 6.07) is 4.07. The number of benzene rings is 1. The van der Waals surface area contributed by atoms with Crippen molar-refractivity contribution in [1.82, 2.24) is 14.3 Å². The average molecular weight is 344 g/mol. The van der Waals surface area contributed by atoms with E-state index in [2.05, 4.69) is 34.3 Å². The Morgan fingerprint density at radius 3 is 2.79 bits per heavy atom. The first-order chi connectivity index (χ1) is 11.5. The van der Waals surface area contributed by atoms with Gasteiger partial charge >= 0.3 is 0 Å². The second-order valence-corrected chi connectivity index (χ2v) is 7.28. The fourth-order valence-corrected chi connectivity index (χ4v) is 3.06. The summed E-state index contributed by atoms with van der Waals surface area (Å²) in [4.78, 5) is 11.1. The van der Waals surface area contributed by atoms with Crippen molar-refractivity contribution in [3.05, 3.63) is 29.1 Å². The summed E-state index contributed by atoms with van der Waals surface area (Å²) in [6.07, 6.45) is 3.04. The number of hydrogen-bond acceptors (Lipinski definition) is 5. The maximum Gasteiger partial charge on any atom is 0.298 e. The number of rotatable bonds is 6. The highest BCUT2D eigenvalue weighted by Crippen LogP contribution is 2.46. The molecule has 0 saturated heterocycles. The quantitative estimate of drug-likeness (QED) is 0.564. The summed E-state index contributed by atoms with van der Waals surface area (Å²) in [5, 5.41) is 0.619. The van der Waals surface area contributed by atoms with Crippen LogP contribution in [0, 0.1) is 19.8 Å². The van der Waals surface area contributed by atoms with Crippen LogP contribution < -0.4 is 4.74 Å². The van der Waals surface area contributed by atoms with Gasteiger partial charge in [0.25, 0.3) is 5.19 Å². The van der Waals surface area contributed by atoms with Crippen LogP contribution in [-0.4, -0.2) is 34.2 Å². The van der Waals surface area contributed by atoms with Crippen LogP contribution in [0.4, 0.5) is 5.69 Å². The van der Waals surface area contributed by atoms with Crippen molar-refractivity contribution in [1.29, 1.82) is 0 Å². The topological polar surface area (TPSA) is 50.6 Å². The van der Waals surface area contributed by atoms with Crippen LogP contribution in [0.5, 0.6) is 10.9 Å². The highest BCUT2D eigenvalue weighted by atomic mass is 32.1. The summed E-state index contributed by atoms with van der Waals surface area (Å²) in [5.74, 6) is 2.98. The van der Waals surface area contributed by atoms with Gasteiger partial charge in [0, 0.05) is 31.0 Å². The van der Waals surface area contributed by atoms with E-state index in [0.717, 1.165) is 34.9 Å². The zero-order valence-electron chi connectivity index (χ0n) is 14.9. The molecule has 1 fully saturated rings. The molecule has 128 valence electrons. The van der Waals surface area contributed by atoms with Crippen molar-refractivity contribution in [3.8, 4) is 10.9 Å². The molecule has 5 nitrogen and oxygen atoms in total. The molecule has 1 aliphatic rings. The van der Waals surface area contributed by atoms with Gasteiger partial charge < -0.3 is 9.64 Å². The molecule has 0 radical (unpaired) electrons. The summed E-state index contributed by atoms with van der Waals surface area (Å²) in [5.41, 5.74) is 3.09. The van der Waals surface area contributed by atoms with Crippen molar-refractivity contribution in [2.24, 2.45) is 10.9 Å². The Bertz CT molecular complexity index is 755. The molecule has 0 aliphatic heterocycles. The van der Waals surface area contributed by atoms with Gasteiger partial charge in [-0.3, -0.25) is 0 Å². The van der Waals surface area contributed by atoms with Crippen LogP contribution in [0.15, 0.2) is 17.1 Å². The SMILES string of the molecule is CCN(C)/C=N\c1cc(C)c(Oc2nc(C3CC3C)ns2)cc1C. The van der Waals surface area contributed by atoms with Crippen LogP contribution in [0.3, 0.4) is 0 Å². The van der Waals surface area contributed by atoms with E-state index in [0.29, 0.717) is 17.0 Å². The molecule has 2 atom stereocenters. The minimum Gasteiger partial charge on any atom is -0.430 e. The van der Waals surface area contributed by atoms with Gasteiger partial charge in [-0.15, -0.1) is 0 Å². The van der Waals surface area contributed by atoms with Gasteiger partial charge in [-0.05, 0) is 56.4 Å². The van der Waals surface area contributed by atoms with Gasteiger partial charge in [0.15, 0.2) is 0 Å². The summed E-state index contributed by atoms with van der Waals surface area (Å²) in [6.45, 7) is 9.33. The van der Waals surface area contributed by atoms with Gasteiger partial charge in [0.1, 0.15) is 11.6 Å². The normalized spacial score (nSPS) is 19.7. The molecule has 0 amide bonds. The number of nitrogens with zero attached hydrogens (tertiary/aromatic N) is 4. The number of aliphatic imine (C=N–C) groups is 1. The molecule has 0 spiro atoms. The summed E-state index contributed by atoms with van der Waals surface area (Å²) in [7, 11) is 2.01. The lowest BCUT2D eigenvalue weighted by molar-refractivity contribution is 0.473. The van der Waals surface area contributed by atoms with Gasteiger partial charge in [0.05, 0.1) is 12.0 Å². The number of aromatic nitrogens is 2. The standard InChI is InChI=1S/C18H24N4OS/c1-6-22(5)10-19-15-8-13(4)16(9-12(15)3)23-18-20-17(21-24-18)14-7-11(14)2/h8-11,14H,6-7H2,1-5H3/b19-10-. The zero-order valence-corrected chi connectivity index (χ0v) is 15.7. The minimum absolute atomic E-state index is 0.522. The molecular weight excluding hydrogens is 320 g/mol. The van der Waals surface area contributed by atoms with Gasteiger partial charge in [-0.1, -0.05) is 6.92 Å². The van der Waals surface area contributed by atoms with Crippen LogP contribution >= 0.6 is 11.5 Å². The van der Waals surface area contributed by atoms with Crippen LogP contribution in [0.25, 0.3) is 0 Å². The molecule has 1 saturated carbocycles. The first-order valence-corrected chi connectivity index (χ1v) is 9.12. The summed E-state index contributed by atoms with van der Waals surface area (Å²) < 4.78 is 10.4. The number of ether oxygens (including phenoxy) is 1. The highest BCUT2D eigenvalue weighted by Gasteiger charge is 2.37. The van der Waals surface area contributed by atoms with Crippen molar-refractivity contribution in [2.45, 2.75) is 40.0 Å². The predicted molar refractivity (Wildman–Crippen MR) is 98.9 cm³/mol. The molecule has 6 heteroatoms. The third kappa shape index (κ3) is 3.75. The van der Waals surface area contributed by atoms with Crippen LogP contribution in [0.1, 0.15) is 43.1 Å². The lowest BCUT2D eigenvalue weighted by Gasteiger charge is -2.11. The fourth-order valence-electron chi connectivity index (χ4n) is 2.45. The van der Waals surface area contributed by atoms with Crippen molar-refractivity contribution in [2.75, 3.05) is 13.6 Å². The molecule has 1 aromatic heterocycles. The molecule has 1 aliphatic carbocycles. The van der Waals surface area contributed by atoms with E-state index >= 15 is 0 Å². The minimum atomic E-state index is 0.522. The van der Waals surface area contributed by atoms with Crippen molar-refractivity contribution >= 4 is 23.6 Å². The maximum absolute atomic E-state index is 5.97. The lowest BCUT2D eigenvalue weighted by atomic mass is 10.1. The van der Waals surface area contributed by atoms with Crippen molar-refractivity contribution in [3.63, 3.8) is 0 Å². The van der Waals surface area contributed by atoms with E-state index in [4.69, 9.17) is 4.74 Å². The van der Waals surface area contributed by atoms with Gasteiger partial charge in [-0.25, -0.2) is 4.99 Å². The Kier molecular flexibility index (Phi) is 4.85. The molecule has 0 N–H and O–H groups in total. The monoisotopic (exact) mass is 344 g/mol. The Morgan fingerprint density at radius 2 is 2.12 bits per heavy atom. The highest BCUT2D eigenvalue weighted by molar-refractivity contribution is 7.07. The Morgan fingerprint density at radius 1 is 1.38 bits per heavy atom. The maximum atomic E-state index is 5.97. The van der Waals surface area contributed by atoms with E-state index in [1.807, 2.05) is 38.2 Å². The second kappa shape index (κ2) is 6.89.